The Balaban J connectivity index is 1.58. The summed E-state index contributed by atoms with van der Waals surface area (Å²) in [6, 6.07) is 17.8. The maximum atomic E-state index is 12.8. The van der Waals surface area contributed by atoms with Gasteiger partial charge in [-0.3, -0.25) is 9.36 Å². The molecule has 2 heterocycles. The van der Waals surface area contributed by atoms with Gasteiger partial charge in [-0.05, 0) is 60.2 Å². The van der Waals surface area contributed by atoms with Gasteiger partial charge in [0.2, 0.25) is 5.91 Å². The number of hydrogen-bond acceptors (Lipinski definition) is 6. The average Bonchev–Trinajstić information content (AvgIpc) is 3.49. The third-order valence-corrected chi connectivity index (χ3v) is 6.84. The number of rotatable bonds is 8. The van der Waals surface area contributed by atoms with E-state index in [1.165, 1.54) is 11.8 Å². The van der Waals surface area contributed by atoms with Gasteiger partial charge in [0.1, 0.15) is 5.75 Å². The molecule has 2 aromatic carbocycles. The van der Waals surface area contributed by atoms with Gasteiger partial charge in [0.15, 0.2) is 11.0 Å². The molecule has 0 aliphatic rings. The van der Waals surface area contributed by atoms with Crippen molar-refractivity contribution in [1.29, 1.82) is 0 Å². The highest BCUT2D eigenvalue weighted by atomic mass is 32.2. The molecule has 32 heavy (non-hydrogen) atoms. The zero-order valence-corrected chi connectivity index (χ0v) is 19.8. The number of thioether (sulfide) groups is 1. The monoisotopic (exact) mass is 464 g/mol. The van der Waals surface area contributed by atoms with Gasteiger partial charge in [-0.25, -0.2) is 0 Å². The van der Waals surface area contributed by atoms with Gasteiger partial charge < -0.3 is 10.1 Å². The van der Waals surface area contributed by atoms with Crippen molar-refractivity contribution in [3.8, 4) is 22.1 Å². The second kappa shape index (κ2) is 10.0. The van der Waals surface area contributed by atoms with Crippen molar-refractivity contribution in [1.82, 2.24) is 14.8 Å². The summed E-state index contributed by atoms with van der Waals surface area (Å²) in [5.41, 5.74) is 4.00. The molecule has 164 valence electrons. The summed E-state index contributed by atoms with van der Waals surface area (Å²) in [5, 5.41) is 14.6. The largest absolute Gasteiger partial charge is 0.497 e. The van der Waals surface area contributed by atoms with Crippen LogP contribution in [0.5, 0.6) is 5.75 Å². The minimum Gasteiger partial charge on any atom is -0.497 e. The molecule has 0 spiro atoms. The molecule has 0 radical (unpaired) electrons. The maximum Gasteiger partial charge on any atom is 0.234 e. The van der Waals surface area contributed by atoms with Crippen LogP contribution in [0.25, 0.3) is 16.4 Å². The predicted octanol–water partition coefficient (Wildman–Crippen LogP) is 5.61. The normalized spacial score (nSPS) is 10.8. The predicted molar refractivity (Wildman–Crippen MR) is 131 cm³/mol. The summed E-state index contributed by atoms with van der Waals surface area (Å²) in [6.45, 7) is 4.10. The van der Waals surface area contributed by atoms with Crippen LogP contribution in [0.3, 0.4) is 0 Å². The van der Waals surface area contributed by atoms with E-state index in [-0.39, 0.29) is 11.7 Å². The van der Waals surface area contributed by atoms with Crippen LogP contribution in [0.1, 0.15) is 18.1 Å². The van der Waals surface area contributed by atoms with Crippen LogP contribution in [0.15, 0.2) is 65.1 Å². The Labute approximate surface area is 195 Å². The van der Waals surface area contributed by atoms with Crippen LogP contribution in [0.2, 0.25) is 0 Å². The number of anilines is 1. The maximum absolute atomic E-state index is 12.8. The SMILES string of the molecule is CCc1cccc(C)c1NC(=O)CSc1nnc(-c2cccs2)n1-c1ccc(OC)cc1. The molecule has 0 saturated carbocycles. The number of aromatic nitrogens is 3. The van der Waals surface area contributed by atoms with Gasteiger partial charge in [0, 0.05) is 5.69 Å². The Hall–Kier alpha value is -3.10. The number of nitrogens with one attached hydrogen (secondary N) is 1. The highest BCUT2D eigenvalue weighted by Gasteiger charge is 2.18. The minimum atomic E-state index is -0.0686. The van der Waals surface area contributed by atoms with Gasteiger partial charge >= 0.3 is 0 Å². The fraction of sp³-hybridized carbons (Fsp3) is 0.208. The van der Waals surface area contributed by atoms with Crippen LogP contribution in [0.4, 0.5) is 5.69 Å². The summed E-state index contributed by atoms with van der Waals surface area (Å²) < 4.78 is 7.27. The highest BCUT2D eigenvalue weighted by Crippen LogP contribution is 2.31. The standard InChI is InChI=1S/C24H24N4O2S2/c1-4-17-8-5-7-16(2)22(17)25-21(29)15-32-24-27-26-23(20-9-6-14-31-20)28(24)18-10-12-19(30-3)13-11-18/h5-14H,4,15H2,1-3H3,(H,25,29). The molecule has 4 rings (SSSR count). The molecule has 0 fully saturated rings. The number of benzene rings is 2. The first-order valence-corrected chi connectivity index (χ1v) is 12.1. The summed E-state index contributed by atoms with van der Waals surface area (Å²) >= 11 is 2.97. The molecule has 6 nitrogen and oxygen atoms in total. The van der Waals surface area contributed by atoms with Crippen molar-refractivity contribution < 1.29 is 9.53 Å². The molecule has 1 amide bonds. The number of thiophene rings is 1. The van der Waals surface area contributed by atoms with Crippen molar-refractivity contribution in [3.05, 3.63) is 71.1 Å². The van der Waals surface area contributed by atoms with Crippen LogP contribution < -0.4 is 10.1 Å². The Morgan fingerprint density at radius 2 is 1.94 bits per heavy atom. The average molecular weight is 465 g/mol. The summed E-state index contributed by atoms with van der Waals surface area (Å²) in [7, 11) is 1.64. The molecule has 1 N–H and O–H groups in total. The summed E-state index contributed by atoms with van der Waals surface area (Å²) in [4.78, 5) is 13.8. The smallest absolute Gasteiger partial charge is 0.234 e. The second-order valence-corrected chi connectivity index (χ2v) is 9.01. The van der Waals surface area contributed by atoms with Crippen molar-refractivity contribution in [2.75, 3.05) is 18.2 Å². The summed E-state index contributed by atoms with van der Waals surface area (Å²) in [6.07, 6.45) is 0.862. The van der Waals surface area contributed by atoms with Crippen molar-refractivity contribution in [2.24, 2.45) is 0 Å². The third-order valence-electron chi connectivity index (χ3n) is 5.04. The molecule has 0 aliphatic carbocycles. The van der Waals surface area contributed by atoms with E-state index in [0.29, 0.717) is 5.16 Å². The van der Waals surface area contributed by atoms with Crippen LogP contribution in [0, 0.1) is 6.92 Å². The van der Waals surface area contributed by atoms with E-state index in [1.54, 1.807) is 18.4 Å². The van der Waals surface area contributed by atoms with E-state index >= 15 is 0 Å². The van der Waals surface area contributed by atoms with Crippen LogP contribution in [-0.2, 0) is 11.2 Å². The topological polar surface area (TPSA) is 69.0 Å². The van der Waals surface area contributed by atoms with E-state index in [9.17, 15) is 4.79 Å². The Morgan fingerprint density at radius 1 is 1.12 bits per heavy atom. The van der Waals surface area contributed by atoms with Crippen molar-refractivity contribution in [2.45, 2.75) is 25.4 Å². The Bertz CT molecular complexity index is 1200. The Kier molecular flexibility index (Phi) is 6.92. The van der Waals surface area contributed by atoms with Gasteiger partial charge in [0.05, 0.1) is 23.4 Å². The van der Waals surface area contributed by atoms with E-state index < -0.39 is 0 Å². The van der Waals surface area contributed by atoms with E-state index in [1.807, 2.05) is 71.5 Å². The van der Waals surface area contributed by atoms with E-state index in [0.717, 1.165) is 45.4 Å². The zero-order chi connectivity index (χ0) is 22.5. The first kappa shape index (κ1) is 22.1. The van der Waals surface area contributed by atoms with Crippen molar-refractivity contribution in [3.63, 3.8) is 0 Å². The number of ether oxygens (including phenoxy) is 1. The molecular weight excluding hydrogens is 440 g/mol. The van der Waals surface area contributed by atoms with Gasteiger partial charge in [-0.2, -0.15) is 0 Å². The highest BCUT2D eigenvalue weighted by molar-refractivity contribution is 7.99. The Morgan fingerprint density at radius 3 is 2.62 bits per heavy atom. The number of methoxy groups -OCH3 is 1. The molecule has 0 atom stereocenters. The molecule has 8 heteroatoms. The number of para-hydroxylation sites is 1. The van der Waals surface area contributed by atoms with E-state index in [4.69, 9.17) is 4.74 Å². The number of amides is 1. The third kappa shape index (κ3) is 4.71. The number of aryl methyl sites for hydroxylation is 2. The number of hydrogen-bond donors (Lipinski definition) is 1. The lowest BCUT2D eigenvalue weighted by Gasteiger charge is -2.13. The molecule has 0 unspecified atom stereocenters. The number of carbonyl (C=O) groups is 1. The fourth-order valence-electron chi connectivity index (χ4n) is 3.40. The number of carbonyl (C=O) groups excluding carboxylic acids is 1. The molecular formula is C24H24N4O2S2. The fourth-order valence-corrected chi connectivity index (χ4v) is 4.85. The first-order valence-electron chi connectivity index (χ1n) is 10.3. The van der Waals surface area contributed by atoms with Crippen LogP contribution >= 0.6 is 23.1 Å². The molecule has 0 bridgehead atoms. The molecule has 4 aromatic rings. The molecule has 0 saturated heterocycles. The lowest BCUT2D eigenvalue weighted by molar-refractivity contribution is -0.113. The molecule has 0 aliphatic heterocycles. The van der Waals surface area contributed by atoms with Crippen molar-refractivity contribution >= 4 is 34.7 Å². The lowest BCUT2D eigenvalue weighted by atomic mass is 10.1. The lowest BCUT2D eigenvalue weighted by Crippen LogP contribution is -2.16. The molecule has 2 aromatic heterocycles. The van der Waals surface area contributed by atoms with Crippen LogP contribution in [-0.4, -0.2) is 33.5 Å². The first-order chi connectivity index (χ1) is 15.6. The van der Waals surface area contributed by atoms with E-state index in [2.05, 4.69) is 22.4 Å². The summed E-state index contributed by atoms with van der Waals surface area (Å²) in [5.74, 6) is 1.69. The van der Waals surface area contributed by atoms with Gasteiger partial charge in [-0.15, -0.1) is 21.5 Å². The minimum absolute atomic E-state index is 0.0686. The number of nitrogens with zero attached hydrogens (tertiary/aromatic N) is 3. The van der Waals surface area contributed by atoms with Gasteiger partial charge in [0.25, 0.3) is 0 Å². The quantitative estimate of drug-likeness (QED) is 0.344. The zero-order valence-electron chi connectivity index (χ0n) is 18.2. The van der Waals surface area contributed by atoms with Gasteiger partial charge in [-0.1, -0.05) is 43.0 Å². The second-order valence-electron chi connectivity index (χ2n) is 7.12.